The summed E-state index contributed by atoms with van der Waals surface area (Å²) in [5.41, 5.74) is 9.52. The first-order valence-electron chi connectivity index (χ1n) is 12.7. The second-order valence-corrected chi connectivity index (χ2v) is 9.23. The van der Waals surface area contributed by atoms with Gasteiger partial charge in [-0.15, -0.1) is 24.8 Å². The zero-order chi connectivity index (χ0) is 26.6. The number of amides is 2. The van der Waals surface area contributed by atoms with E-state index in [1.54, 1.807) is 25.1 Å². The molecule has 8 nitrogen and oxygen atoms in total. The highest BCUT2D eigenvalue weighted by Crippen LogP contribution is 2.13. The highest BCUT2D eigenvalue weighted by atomic mass is 35.5. The fourth-order valence-corrected chi connectivity index (χ4v) is 4.07. The van der Waals surface area contributed by atoms with Gasteiger partial charge < -0.3 is 26.8 Å². The summed E-state index contributed by atoms with van der Waals surface area (Å²) in [5, 5.41) is 18.7. The molecule has 2 amide bonds. The first-order chi connectivity index (χ1) is 17.8. The summed E-state index contributed by atoms with van der Waals surface area (Å²) in [6.45, 7) is 4.46. The number of rotatable bonds is 13. The summed E-state index contributed by atoms with van der Waals surface area (Å²) < 4.78 is 0. The molecule has 0 radical (unpaired) electrons. The number of carbonyl (C=O) groups is 2. The van der Waals surface area contributed by atoms with Gasteiger partial charge >= 0.3 is 0 Å². The highest BCUT2D eigenvalue weighted by molar-refractivity contribution is 5.89. The standard InChI is InChI=1S/C29H37N5O3.2ClH/c1-20-24(14-16-27(30)33-20)19-32-28(36)21(2)34-29(37)26(15-13-22-8-4-3-5-9-22)31-17-7-11-23-10-6-12-25(35)18-23;;/h3-6,8-10,12,14,16,18,21,26,31,35H,7,11,13,15,17,19H2,1-2H3,(H2,30,33)(H,32,36)(H,34,37);2*1H. The topological polar surface area (TPSA) is 129 Å². The van der Waals surface area contributed by atoms with Gasteiger partial charge in [0.1, 0.15) is 17.6 Å². The van der Waals surface area contributed by atoms with Crippen molar-refractivity contribution in [1.29, 1.82) is 0 Å². The van der Waals surface area contributed by atoms with Gasteiger partial charge in [-0.3, -0.25) is 9.59 Å². The van der Waals surface area contributed by atoms with Crippen LogP contribution < -0.4 is 21.7 Å². The van der Waals surface area contributed by atoms with E-state index < -0.39 is 12.1 Å². The van der Waals surface area contributed by atoms with Crippen molar-refractivity contribution in [2.45, 2.75) is 58.2 Å². The van der Waals surface area contributed by atoms with Gasteiger partial charge in [0.25, 0.3) is 0 Å². The lowest BCUT2D eigenvalue weighted by atomic mass is 10.0. The molecule has 3 aromatic rings. The van der Waals surface area contributed by atoms with Crippen molar-refractivity contribution >= 4 is 42.4 Å². The number of phenols is 1. The van der Waals surface area contributed by atoms with Crippen LogP contribution in [0.1, 0.15) is 42.1 Å². The molecule has 10 heteroatoms. The number of nitrogen functional groups attached to an aromatic ring is 1. The Balaban J connectivity index is 0.00000380. The fraction of sp³-hybridized carbons (Fsp3) is 0.345. The molecule has 2 atom stereocenters. The van der Waals surface area contributed by atoms with E-state index in [-0.39, 0.29) is 42.4 Å². The Morgan fingerprint density at radius 2 is 1.67 bits per heavy atom. The summed E-state index contributed by atoms with van der Waals surface area (Å²) in [6.07, 6.45) is 2.94. The van der Waals surface area contributed by atoms with Crippen molar-refractivity contribution in [3.63, 3.8) is 0 Å². The van der Waals surface area contributed by atoms with E-state index in [1.165, 1.54) is 0 Å². The molecule has 1 heterocycles. The van der Waals surface area contributed by atoms with E-state index in [2.05, 4.69) is 20.9 Å². The predicted octanol–water partition coefficient (Wildman–Crippen LogP) is 3.87. The largest absolute Gasteiger partial charge is 0.508 e. The minimum Gasteiger partial charge on any atom is -0.508 e. The molecule has 1 aromatic heterocycles. The Morgan fingerprint density at radius 3 is 2.36 bits per heavy atom. The number of pyridine rings is 1. The first-order valence-corrected chi connectivity index (χ1v) is 12.7. The zero-order valence-corrected chi connectivity index (χ0v) is 24.0. The van der Waals surface area contributed by atoms with Crippen LogP contribution in [0.2, 0.25) is 0 Å². The van der Waals surface area contributed by atoms with Gasteiger partial charge in [-0.2, -0.15) is 0 Å². The molecular formula is C29H39Cl2N5O3. The third-order valence-corrected chi connectivity index (χ3v) is 6.25. The molecule has 0 saturated heterocycles. The van der Waals surface area contributed by atoms with Crippen LogP contribution in [0.5, 0.6) is 5.75 Å². The number of aryl methyl sites for hydroxylation is 3. The van der Waals surface area contributed by atoms with Gasteiger partial charge in [-0.25, -0.2) is 4.98 Å². The summed E-state index contributed by atoms with van der Waals surface area (Å²) >= 11 is 0. The van der Waals surface area contributed by atoms with Crippen LogP contribution in [0.15, 0.2) is 66.7 Å². The Morgan fingerprint density at radius 1 is 0.949 bits per heavy atom. The van der Waals surface area contributed by atoms with Crippen molar-refractivity contribution in [1.82, 2.24) is 20.9 Å². The molecule has 0 aliphatic heterocycles. The summed E-state index contributed by atoms with van der Waals surface area (Å²) in [5.74, 6) is 0.210. The number of nitrogens with zero attached hydrogens (tertiary/aromatic N) is 1. The van der Waals surface area contributed by atoms with E-state index in [1.807, 2.05) is 55.5 Å². The zero-order valence-electron chi connectivity index (χ0n) is 22.4. The molecule has 212 valence electrons. The van der Waals surface area contributed by atoms with E-state index >= 15 is 0 Å². The van der Waals surface area contributed by atoms with Gasteiger partial charge in [-0.05, 0) is 81.0 Å². The molecule has 3 rings (SSSR count). The number of carbonyl (C=O) groups excluding carboxylic acids is 2. The average molecular weight is 577 g/mol. The lowest BCUT2D eigenvalue weighted by Crippen LogP contribution is -2.51. The molecule has 2 unspecified atom stereocenters. The number of nitrogens with one attached hydrogen (secondary N) is 3. The van der Waals surface area contributed by atoms with Crippen LogP contribution in [-0.2, 0) is 29.0 Å². The van der Waals surface area contributed by atoms with Crippen molar-refractivity contribution in [3.05, 3.63) is 89.1 Å². The molecular weight excluding hydrogens is 537 g/mol. The van der Waals surface area contributed by atoms with E-state index in [0.29, 0.717) is 25.3 Å². The Kier molecular flexibility index (Phi) is 14.9. The number of hydrogen-bond acceptors (Lipinski definition) is 6. The summed E-state index contributed by atoms with van der Waals surface area (Å²) in [6, 6.07) is 19.6. The fourth-order valence-electron chi connectivity index (χ4n) is 4.07. The van der Waals surface area contributed by atoms with Crippen LogP contribution in [0.25, 0.3) is 0 Å². The number of aromatic hydroxyl groups is 1. The van der Waals surface area contributed by atoms with Crippen LogP contribution in [-0.4, -0.2) is 40.5 Å². The van der Waals surface area contributed by atoms with Crippen molar-refractivity contribution in [3.8, 4) is 5.75 Å². The SMILES string of the molecule is Cc1nc(N)ccc1CNC(=O)C(C)NC(=O)C(CCc1ccccc1)NCCCc1cccc(O)c1.Cl.Cl. The second-order valence-electron chi connectivity index (χ2n) is 9.23. The van der Waals surface area contributed by atoms with Gasteiger partial charge in [-0.1, -0.05) is 48.5 Å². The number of benzene rings is 2. The minimum atomic E-state index is -0.692. The highest BCUT2D eigenvalue weighted by Gasteiger charge is 2.22. The average Bonchev–Trinajstić information content (AvgIpc) is 2.88. The van der Waals surface area contributed by atoms with E-state index in [0.717, 1.165) is 41.6 Å². The normalized spacial score (nSPS) is 11.8. The Hall–Kier alpha value is -3.33. The Bertz CT molecular complexity index is 1180. The quantitative estimate of drug-likeness (QED) is 0.197. The number of phenolic OH excluding ortho intramolecular Hbond substituents is 1. The Labute approximate surface area is 243 Å². The van der Waals surface area contributed by atoms with E-state index in [9.17, 15) is 14.7 Å². The van der Waals surface area contributed by atoms with Crippen LogP contribution in [0.4, 0.5) is 5.82 Å². The van der Waals surface area contributed by atoms with Crippen LogP contribution in [0.3, 0.4) is 0 Å². The van der Waals surface area contributed by atoms with Gasteiger partial charge in [0.2, 0.25) is 11.8 Å². The maximum Gasteiger partial charge on any atom is 0.242 e. The maximum atomic E-state index is 13.1. The van der Waals surface area contributed by atoms with Crippen molar-refractivity contribution < 1.29 is 14.7 Å². The second kappa shape index (κ2) is 17.3. The molecule has 2 aromatic carbocycles. The number of hydrogen-bond donors (Lipinski definition) is 5. The molecule has 6 N–H and O–H groups in total. The minimum absolute atomic E-state index is 0. The van der Waals surface area contributed by atoms with Crippen LogP contribution in [0, 0.1) is 6.92 Å². The van der Waals surface area contributed by atoms with Gasteiger partial charge in [0, 0.05) is 12.2 Å². The summed E-state index contributed by atoms with van der Waals surface area (Å²) in [7, 11) is 0. The molecule has 0 aliphatic rings. The third-order valence-electron chi connectivity index (χ3n) is 6.25. The first kappa shape index (κ1) is 33.7. The lowest BCUT2D eigenvalue weighted by Gasteiger charge is -2.21. The molecule has 0 spiro atoms. The smallest absolute Gasteiger partial charge is 0.242 e. The molecule has 0 fully saturated rings. The number of nitrogens with two attached hydrogens (primary N) is 1. The summed E-state index contributed by atoms with van der Waals surface area (Å²) in [4.78, 5) is 30.0. The maximum absolute atomic E-state index is 13.1. The molecule has 0 aliphatic carbocycles. The van der Waals surface area contributed by atoms with Gasteiger partial charge in [0.05, 0.1) is 6.04 Å². The molecule has 0 saturated carbocycles. The van der Waals surface area contributed by atoms with Crippen molar-refractivity contribution in [2.24, 2.45) is 0 Å². The number of anilines is 1. The van der Waals surface area contributed by atoms with E-state index in [4.69, 9.17) is 5.73 Å². The van der Waals surface area contributed by atoms with Crippen molar-refractivity contribution in [2.75, 3.05) is 12.3 Å². The lowest BCUT2D eigenvalue weighted by molar-refractivity contribution is -0.129. The monoisotopic (exact) mass is 575 g/mol. The number of aromatic nitrogens is 1. The van der Waals surface area contributed by atoms with Crippen LogP contribution >= 0.6 is 24.8 Å². The molecule has 39 heavy (non-hydrogen) atoms. The number of halogens is 2. The predicted molar refractivity (Wildman–Crippen MR) is 160 cm³/mol. The third kappa shape index (κ3) is 11.5. The van der Waals surface area contributed by atoms with Gasteiger partial charge in [0.15, 0.2) is 0 Å². The molecule has 0 bridgehead atoms.